The van der Waals surface area contributed by atoms with Crippen LogP contribution in [0.5, 0.6) is 11.5 Å². The number of piperazine rings is 1. The Morgan fingerprint density at radius 3 is 2.69 bits per heavy atom. The number of benzene rings is 1. The maximum absolute atomic E-state index is 10.0. The number of anilines is 1. The standard InChI is InChI=1S/C11H15ClN2O2/c1-16-10-7-8(12)6-9(11(10)15)14-4-2-13-3-5-14/h6-7,13,15H,2-5H2,1H3. The molecule has 1 aromatic carbocycles. The lowest BCUT2D eigenvalue weighted by molar-refractivity contribution is 0.373. The first-order valence-electron chi connectivity index (χ1n) is 5.24. The Morgan fingerprint density at radius 1 is 1.38 bits per heavy atom. The maximum atomic E-state index is 10.0. The van der Waals surface area contributed by atoms with Crippen molar-refractivity contribution in [3.05, 3.63) is 17.2 Å². The molecule has 4 nitrogen and oxygen atoms in total. The van der Waals surface area contributed by atoms with Crippen LogP contribution >= 0.6 is 11.6 Å². The first-order chi connectivity index (χ1) is 7.72. The molecule has 1 aromatic rings. The highest BCUT2D eigenvalue weighted by Crippen LogP contribution is 2.39. The van der Waals surface area contributed by atoms with Gasteiger partial charge in [0.15, 0.2) is 11.5 Å². The van der Waals surface area contributed by atoms with Crippen molar-refractivity contribution in [3.63, 3.8) is 0 Å². The average Bonchev–Trinajstić information content (AvgIpc) is 2.33. The summed E-state index contributed by atoms with van der Waals surface area (Å²) in [6.45, 7) is 3.54. The highest BCUT2D eigenvalue weighted by molar-refractivity contribution is 6.31. The highest BCUT2D eigenvalue weighted by atomic mass is 35.5. The molecule has 0 atom stereocenters. The summed E-state index contributed by atoms with van der Waals surface area (Å²) in [4.78, 5) is 2.10. The van der Waals surface area contributed by atoms with Gasteiger partial charge in [-0.15, -0.1) is 0 Å². The van der Waals surface area contributed by atoms with Crippen LogP contribution < -0.4 is 15.0 Å². The molecule has 0 saturated carbocycles. The molecule has 0 aromatic heterocycles. The van der Waals surface area contributed by atoms with Gasteiger partial charge >= 0.3 is 0 Å². The smallest absolute Gasteiger partial charge is 0.181 e. The molecule has 0 spiro atoms. The van der Waals surface area contributed by atoms with Crippen LogP contribution in [0, 0.1) is 0 Å². The van der Waals surface area contributed by atoms with Crippen molar-refractivity contribution in [1.82, 2.24) is 5.32 Å². The summed E-state index contributed by atoms with van der Waals surface area (Å²) >= 11 is 5.99. The summed E-state index contributed by atoms with van der Waals surface area (Å²) in [7, 11) is 1.52. The third-order valence-electron chi connectivity index (χ3n) is 2.70. The molecule has 1 heterocycles. The highest BCUT2D eigenvalue weighted by Gasteiger charge is 2.17. The molecule has 5 heteroatoms. The minimum atomic E-state index is 0.161. The quantitative estimate of drug-likeness (QED) is 0.824. The molecule has 0 unspecified atom stereocenters. The van der Waals surface area contributed by atoms with Gasteiger partial charge in [-0.25, -0.2) is 0 Å². The molecular formula is C11H15ClN2O2. The van der Waals surface area contributed by atoms with Crippen LogP contribution in [0.4, 0.5) is 5.69 Å². The third kappa shape index (κ3) is 2.18. The van der Waals surface area contributed by atoms with Crippen molar-refractivity contribution in [3.8, 4) is 11.5 Å². The van der Waals surface area contributed by atoms with Crippen LogP contribution in [-0.4, -0.2) is 38.4 Å². The van der Waals surface area contributed by atoms with E-state index in [2.05, 4.69) is 10.2 Å². The number of ether oxygens (including phenoxy) is 1. The van der Waals surface area contributed by atoms with Crippen molar-refractivity contribution in [1.29, 1.82) is 0 Å². The normalized spacial score (nSPS) is 16.2. The lowest BCUT2D eigenvalue weighted by Crippen LogP contribution is -2.43. The van der Waals surface area contributed by atoms with Crippen LogP contribution in [0.3, 0.4) is 0 Å². The molecule has 2 N–H and O–H groups in total. The van der Waals surface area contributed by atoms with E-state index in [9.17, 15) is 5.11 Å². The summed E-state index contributed by atoms with van der Waals surface area (Å²) in [6, 6.07) is 3.38. The summed E-state index contributed by atoms with van der Waals surface area (Å²) in [5.74, 6) is 0.579. The zero-order valence-corrected chi connectivity index (χ0v) is 9.92. The Balaban J connectivity index is 2.34. The van der Waals surface area contributed by atoms with Crippen LogP contribution in [0.15, 0.2) is 12.1 Å². The van der Waals surface area contributed by atoms with Crippen LogP contribution in [0.25, 0.3) is 0 Å². The van der Waals surface area contributed by atoms with E-state index in [-0.39, 0.29) is 5.75 Å². The van der Waals surface area contributed by atoms with Crippen LogP contribution in [0.2, 0.25) is 5.02 Å². The second kappa shape index (κ2) is 4.80. The SMILES string of the molecule is COc1cc(Cl)cc(N2CCNCC2)c1O. The fraction of sp³-hybridized carbons (Fsp3) is 0.455. The molecule has 16 heavy (non-hydrogen) atoms. The van der Waals surface area contributed by atoms with Gasteiger partial charge in [-0.1, -0.05) is 11.6 Å². The number of phenolic OH excluding ortho intramolecular Hbond substituents is 1. The minimum Gasteiger partial charge on any atom is -0.503 e. The average molecular weight is 243 g/mol. The van der Waals surface area contributed by atoms with Gasteiger partial charge in [0.2, 0.25) is 0 Å². The van der Waals surface area contributed by atoms with Gasteiger partial charge in [0.1, 0.15) is 0 Å². The molecule has 1 aliphatic rings. The topological polar surface area (TPSA) is 44.7 Å². The predicted molar refractivity (Wildman–Crippen MR) is 64.8 cm³/mol. The largest absolute Gasteiger partial charge is 0.503 e. The maximum Gasteiger partial charge on any atom is 0.181 e. The molecule has 1 saturated heterocycles. The van der Waals surface area contributed by atoms with Gasteiger partial charge in [0.05, 0.1) is 12.8 Å². The van der Waals surface area contributed by atoms with E-state index in [4.69, 9.17) is 16.3 Å². The molecule has 1 aliphatic heterocycles. The van der Waals surface area contributed by atoms with E-state index < -0.39 is 0 Å². The first kappa shape index (κ1) is 11.4. The number of hydrogen-bond acceptors (Lipinski definition) is 4. The van der Waals surface area contributed by atoms with Gasteiger partial charge in [-0.05, 0) is 6.07 Å². The second-order valence-electron chi connectivity index (χ2n) is 3.71. The first-order valence-corrected chi connectivity index (χ1v) is 5.62. The number of nitrogens with zero attached hydrogens (tertiary/aromatic N) is 1. The van der Waals surface area contributed by atoms with Crippen molar-refractivity contribution in [2.75, 3.05) is 38.2 Å². The summed E-state index contributed by atoms with van der Waals surface area (Å²) < 4.78 is 5.08. The van der Waals surface area contributed by atoms with Crippen molar-refractivity contribution in [2.24, 2.45) is 0 Å². The van der Waals surface area contributed by atoms with Crippen molar-refractivity contribution < 1.29 is 9.84 Å². The number of methoxy groups -OCH3 is 1. The van der Waals surface area contributed by atoms with E-state index in [1.807, 2.05) is 0 Å². The van der Waals surface area contributed by atoms with Crippen molar-refractivity contribution in [2.45, 2.75) is 0 Å². The molecule has 88 valence electrons. The number of nitrogens with one attached hydrogen (secondary N) is 1. The molecule has 0 radical (unpaired) electrons. The van der Waals surface area contributed by atoms with Gasteiger partial charge in [-0.2, -0.15) is 0 Å². The number of halogens is 1. The lowest BCUT2D eigenvalue weighted by Gasteiger charge is -2.30. The lowest BCUT2D eigenvalue weighted by atomic mass is 10.2. The summed E-state index contributed by atoms with van der Waals surface area (Å²) in [5.41, 5.74) is 0.742. The zero-order chi connectivity index (χ0) is 11.5. The molecule has 0 bridgehead atoms. The minimum absolute atomic E-state index is 0.161. The fourth-order valence-corrected chi connectivity index (χ4v) is 2.07. The monoisotopic (exact) mass is 242 g/mol. The van der Waals surface area contributed by atoms with Gasteiger partial charge in [-0.3, -0.25) is 0 Å². The third-order valence-corrected chi connectivity index (χ3v) is 2.92. The Hall–Kier alpha value is -1.13. The zero-order valence-electron chi connectivity index (χ0n) is 9.16. The van der Waals surface area contributed by atoms with E-state index in [0.29, 0.717) is 10.8 Å². The molecular weight excluding hydrogens is 228 g/mol. The summed E-state index contributed by atoms with van der Waals surface area (Å²) in [6.07, 6.45) is 0. The Kier molecular flexibility index (Phi) is 3.41. The molecule has 1 fully saturated rings. The van der Waals surface area contributed by atoms with E-state index >= 15 is 0 Å². The molecule has 0 aliphatic carbocycles. The second-order valence-corrected chi connectivity index (χ2v) is 4.15. The fourth-order valence-electron chi connectivity index (χ4n) is 1.86. The Labute approximate surface area is 99.8 Å². The number of rotatable bonds is 2. The van der Waals surface area contributed by atoms with Gasteiger partial charge in [0.25, 0.3) is 0 Å². The van der Waals surface area contributed by atoms with Gasteiger partial charge in [0, 0.05) is 37.3 Å². The Morgan fingerprint density at radius 2 is 2.06 bits per heavy atom. The van der Waals surface area contributed by atoms with Crippen LogP contribution in [0.1, 0.15) is 0 Å². The number of hydrogen-bond donors (Lipinski definition) is 2. The Bertz CT molecular complexity index is 378. The van der Waals surface area contributed by atoms with E-state index in [0.717, 1.165) is 31.9 Å². The molecule has 0 amide bonds. The summed E-state index contributed by atoms with van der Waals surface area (Å²) in [5, 5.41) is 13.9. The predicted octanol–water partition coefficient (Wildman–Crippen LogP) is 1.46. The number of phenols is 1. The van der Waals surface area contributed by atoms with E-state index in [1.165, 1.54) is 7.11 Å². The number of aromatic hydroxyl groups is 1. The van der Waals surface area contributed by atoms with Gasteiger partial charge < -0.3 is 20.1 Å². The van der Waals surface area contributed by atoms with Crippen LogP contribution in [-0.2, 0) is 0 Å². The van der Waals surface area contributed by atoms with Crippen molar-refractivity contribution >= 4 is 17.3 Å². The van der Waals surface area contributed by atoms with E-state index in [1.54, 1.807) is 12.1 Å². The molecule has 2 rings (SSSR count).